The maximum absolute atomic E-state index is 10.5. The smallest absolute Gasteiger partial charge is 0.119 e. The minimum absolute atomic E-state index is 0.0523. The largest absolute Gasteiger partial charge is 0.508 e. The van der Waals surface area contributed by atoms with Gasteiger partial charge in [-0.1, -0.05) is 58.3 Å². The van der Waals surface area contributed by atoms with Gasteiger partial charge in [0.1, 0.15) is 5.75 Å². The average Bonchev–Trinajstić information content (AvgIpc) is 2.52. The highest BCUT2D eigenvalue weighted by molar-refractivity contribution is 7.48. The average molecular weight is 343 g/mol. The second-order valence-corrected chi connectivity index (χ2v) is 9.03. The first-order chi connectivity index (χ1) is 11.3. The van der Waals surface area contributed by atoms with Crippen LogP contribution in [0.5, 0.6) is 5.75 Å². The maximum Gasteiger partial charge on any atom is 0.119 e. The molecule has 0 aliphatic carbocycles. The van der Waals surface area contributed by atoms with E-state index in [2.05, 4.69) is 71.0 Å². The normalized spacial score (nSPS) is 14.5. The van der Waals surface area contributed by atoms with Crippen molar-refractivity contribution in [3.8, 4) is 5.75 Å². The first-order valence-electron chi connectivity index (χ1n) is 8.58. The Kier molecular flexibility index (Phi) is 6.06. The molecule has 0 heterocycles. The molecule has 2 unspecified atom stereocenters. The molecule has 0 fully saturated rings. The fraction of sp³-hybridized carbons (Fsp3) is 0.429. The van der Waals surface area contributed by atoms with E-state index in [1.54, 1.807) is 0 Å². The molecule has 2 nitrogen and oxygen atoms in total. The van der Waals surface area contributed by atoms with Crippen LogP contribution < -0.4 is 5.30 Å². The number of phenols is 1. The van der Waals surface area contributed by atoms with Crippen LogP contribution >= 0.6 is 8.58 Å². The summed E-state index contributed by atoms with van der Waals surface area (Å²) in [5, 5.41) is 11.8. The third-order valence-corrected chi connectivity index (χ3v) is 6.84. The maximum atomic E-state index is 10.5. The van der Waals surface area contributed by atoms with Crippen molar-refractivity contribution in [1.29, 1.82) is 0 Å². The van der Waals surface area contributed by atoms with Crippen molar-refractivity contribution < 1.29 is 5.11 Å². The Morgan fingerprint density at radius 1 is 1.12 bits per heavy atom. The molecule has 2 atom stereocenters. The molecular formula is C21H30NOP. The topological polar surface area (TPSA) is 23.5 Å². The summed E-state index contributed by atoms with van der Waals surface area (Å²) in [6, 6.07) is 12.5. The van der Waals surface area contributed by atoms with Gasteiger partial charge in [0, 0.05) is 17.3 Å². The zero-order chi connectivity index (χ0) is 17.9. The van der Waals surface area contributed by atoms with Crippen molar-refractivity contribution in [3.63, 3.8) is 0 Å². The molecule has 2 aromatic rings. The number of aryl methyl sites for hydroxylation is 2. The van der Waals surface area contributed by atoms with Crippen LogP contribution in [0.25, 0.3) is 0 Å². The van der Waals surface area contributed by atoms with E-state index < -0.39 is 0 Å². The summed E-state index contributed by atoms with van der Waals surface area (Å²) in [6.45, 7) is 9.75. The lowest BCUT2D eigenvalue weighted by Crippen LogP contribution is -2.24. The highest BCUT2D eigenvalue weighted by Crippen LogP contribution is 2.48. The third-order valence-electron chi connectivity index (χ3n) is 4.70. The Morgan fingerprint density at radius 3 is 2.46 bits per heavy atom. The quantitative estimate of drug-likeness (QED) is 0.769. The van der Waals surface area contributed by atoms with Crippen molar-refractivity contribution in [3.05, 3.63) is 58.7 Å². The van der Waals surface area contributed by atoms with E-state index in [0.717, 1.165) is 18.5 Å². The molecule has 0 spiro atoms. The molecule has 0 bridgehead atoms. The summed E-state index contributed by atoms with van der Waals surface area (Å²) in [6.07, 6.45) is 0.998. The minimum Gasteiger partial charge on any atom is -0.508 e. The number of nitrogens with zero attached hydrogens (tertiary/aromatic N) is 1. The second kappa shape index (κ2) is 7.68. The lowest BCUT2D eigenvalue weighted by Gasteiger charge is -2.32. The molecule has 0 aliphatic rings. The molecule has 0 aromatic heterocycles. The van der Waals surface area contributed by atoms with E-state index in [9.17, 15) is 5.11 Å². The van der Waals surface area contributed by atoms with Gasteiger partial charge in [-0.2, -0.15) is 0 Å². The number of benzene rings is 2. The van der Waals surface area contributed by atoms with Crippen molar-refractivity contribution in [2.24, 2.45) is 0 Å². The van der Waals surface area contributed by atoms with E-state index >= 15 is 0 Å². The van der Waals surface area contributed by atoms with Crippen LogP contribution in [0, 0.1) is 13.8 Å². The number of aromatic hydroxyl groups is 1. The van der Waals surface area contributed by atoms with Gasteiger partial charge in [0.15, 0.2) is 0 Å². The Balaban J connectivity index is 2.49. The van der Waals surface area contributed by atoms with E-state index in [0.29, 0.717) is 14.3 Å². The molecular weight excluding hydrogens is 313 g/mol. The SMILES string of the molecule is CCC(C)(Pc1c(C)cccc1CN(C)C)c1cc(C)ccc1O. The molecule has 24 heavy (non-hydrogen) atoms. The standard InChI is InChI=1S/C21H30NOP/c1-7-21(4,18-13-15(2)11-12-19(18)23)24-20-16(3)9-8-10-17(20)14-22(5)6/h8-13,23-24H,7,14H2,1-6H3. The van der Waals surface area contributed by atoms with Crippen LogP contribution in [0.2, 0.25) is 0 Å². The Labute approximate surface area is 148 Å². The summed E-state index contributed by atoms with van der Waals surface area (Å²) in [5.41, 5.74) is 5.01. The van der Waals surface area contributed by atoms with E-state index in [1.165, 1.54) is 22.0 Å². The monoisotopic (exact) mass is 343 g/mol. The van der Waals surface area contributed by atoms with Gasteiger partial charge in [0.25, 0.3) is 0 Å². The van der Waals surface area contributed by atoms with Crippen molar-refractivity contribution in [1.82, 2.24) is 4.90 Å². The van der Waals surface area contributed by atoms with Gasteiger partial charge in [-0.05, 0) is 56.9 Å². The van der Waals surface area contributed by atoms with E-state index in [1.807, 2.05) is 12.1 Å². The molecule has 0 radical (unpaired) electrons. The molecule has 130 valence electrons. The molecule has 0 aliphatic heterocycles. The van der Waals surface area contributed by atoms with Gasteiger partial charge in [0.05, 0.1) is 0 Å². The Bertz CT molecular complexity index is 711. The minimum atomic E-state index is -0.0523. The van der Waals surface area contributed by atoms with Gasteiger partial charge in [-0.3, -0.25) is 0 Å². The Morgan fingerprint density at radius 2 is 1.83 bits per heavy atom. The Hall–Kier alpha value is -1.37. The summed E-state index contributed by atoms with van der Waals surface area (Å²) >= 11 is 0. The van der Waals surface area contributed by atoms with Crippen LogP contribution in [0.4, 0.5) is 0 Å². The predicted molar refractivity (Wildman–Crippen MR) is 107 cm³/mol. The first-order valence-corrected chi connectivity index (χ1v) is 9.58. The van der Waals surface area contributed by atoms with Crippen molar-refractivity contribution in [2.45, 2.75) is 45.8 Å². The number of hydrogen-bond donors (Lipinski definition) is 1. The fourth-order valence-corrected chi connectivity index (χ4v) is 4.76. The highest BCUT2D eigenvalue weighted by atomic mass is 31.1. The lowest BCUT2D eigenvalue weighted by molar-refractivity contribution is 0.403. The molecule has 2 rings (SSSR count). The molecule has 1 N–H and O–H groups in total. The third kappa shape index (κ3) is 4.18. The van der Waals surface area contributed by atoms with Crippen molar-refractivity contribution >= 4 is 13.9 Å². The van der Waals surface area contributed by atoms with Crippen LogP contribution in [-0.2, 0) is 11.7 Å². The predicted octanol–water partition coefficient (Wildman–Crippen LogP) is 4.70. The molecule has 2 aromatic carbocycles. The van der Waals surface area contributed by atoms with Gasteiger partial charge < -0.3 is 10.0 Å². The van der Waals surface area contributed by atoms with Crippen LogP contribution in [-0.4, -0.2) is 24.1 Å². The van der Waals surface area contributed by atoms with Crippen LogP contribution in [0.1, 0.15) is 42.5 Å². The zero-order valence-corrected chi connectivity index (χ0v) is 16.8. The molecule has 0 amide bonds. The fourth-order valence-electron chi connectivity index (χ4n) is 3.09. The van der Waals surface area contributed by atoms with Gasteiger partial charge in [-0.25, -0.2) is 0 Å². The van der Waals surface area contributed by atoms with Gasteiger partial charge in [0.2, 0.25) is 0 Å². The molecule has 0 saturated carbocycles. The van der Waals surface area contributed by atoms with Gasteiger partial charge in [-0.15, -0.1) is 0 Å². The van der Waals surface area contributed by atoms with Crippen LogP contribution in [0.3, 0.4) is 0 Å². The summed E-state index contributed by atoms with van der Waals surface area (Å²) < 4.78 is 0. The van der Waals surface area contributed by atoms with Crippen molar-refractivity contribution in [2.75, 3.05) is 14.1 Å². The van der Waals surface area contributed by atoms with Gasteiger partial charge >= 0.3 is 0 Å². The second-order valence-electron chi connectivity index (χ2n) is 7.18. The number of rotatable bonds is 6. The molecule has 3 heteroatoms. The highest BCUT2D eigenvalue weighted by Gasteiger charge is 2.29. The van der Waals surface area contributed by atoms with Crippen LogP contribution in [0.15, 0.2) is 36.4 Å². The summed E-state index contributed by atoms with van der Waals surface area (Å²) in [7, 11) is 4.85. The number of phenolic OH excluding ortho intramolecular Hbond substituents is 1. The van der Waals surface area contributed by atoms with E-state index in [4.69, 9.17) is 0 Å². The summed E-state index contributed by atoms with van der Waals surface area (Å²) in [5.74, 6) is 0.417. The molecule has 0 saturated heterocycles. The number of hydrogen-bond acceptors (Lipinski definition) is 2. The zero-order valence-electron chi connectivity index (χ0n) is 15.8. The summed E-state index contributed by atoms with van der Waals surface area (Å²) in [4.78, 5) is 2.22. The first kappa shape index (κ1) is 19.0. The van der Waals surface area contributed by atoms with E-state index in [-0.39, 0.29) is 5.16 Å². The lowest BCUT2D eigenvalue weighted by atomic mass is 9.95.